The number of hydrogen-bond donors (Lipinski definition) is 4. The molecule has 0 aliphatic carbocycles. The second-order valence-electron chi connectivity index (χ2n) is 3.98. The van der Waals surface area contributed by atoms with Gasteiger partial charge >= 0.3 is 5.97 Å². The van der Waals surface area contributed by atoms with E-state index in [4.69, 9.17) is 10.8 Å². The van der Waals surface area contributed by atoms with Crippen molar-refractivity contribution in [1.82, 2.24) is 15.5 Å². The van der Waals surface area contributed by atoms with Gasteiger partial charge in [-0.05, 0) is 20.0 Å². The summed E-state index contributed by atoms with van der Waals surface area (Å²) in [7, 11) is 1.94. The Morgan fingerprint density at radius 2 is 1.94 bits per heavy atom. The highest BCUT2D eigenvalue weighted by Crippen LogP contribution is 1.87. The molecule has 0 heterocycles. The fraction of sp³-hybridized carbons (Fsp3) is 0.909. The summed E-state index contributed by atoms with van der Waals surface area (Å²) < 4.78 is 0. The number of nitrogens with one attached hydrogen (secondary N) is 2. The minimum absolute atomic E-state index is 0.235. The molecule has 102 valence electrons. The van der Waals surface area contributed by atoms with Crippen molar-refractivity contribution in [2.24, 2.45) is 5.73 Å². The molecule has 0 fully saturated rings. The van der Waals surface area contributed by atoms with E-state index in [1.165, 1.54) is 0 Å². The van der Waals surface area contributed by atoms with E-state index in [0.717, 1.165) is 39.3 Å². The maximum atomic E-state index is 10.3. The van der Waals surface area contributed by atoms with Crippen LogP contribution in [-0.2, 0) is 4.79 Å². The van der Waals surface area contributed by atoms with Crippen molar-refractivity contribution in [2.75, 3.05) is 52.9 Å². The van der Waals surface area contributed by atoms with Crippen LogP contribution in [0.3, 0.4) is 0 Å². The molecule has 0 radical (unpaired) electrons. The first-order valence-electron chi connectivity index (χ1n) is 6.20. The molecule has 0 spiro atoms. The maximum Gasteiger partial charge on any atom is 0.303 e. The number of carboxylic acids is 1. The van der Waals surface area contributed by atoms with Gasteiger partial charge in [0.05, 0.1) is 0 Å². The van der Waals surface area contributed by atoms with Gasteiger partial charge in [-0.3, -0.25) is 9.69 Å². The maximum absolute atomic E-state index is 10.3. The van der Waals surface area contributed by atoms with E-state index >= 15 is 0 Å². The Balaban J connectivity index is 3.43. The van der Waals surface area contributed by atoms with E-state index in [-0.39, 0.29) is 6.42 Å². The largest absolute Gasteiger partial charge is 0.481 e. The Morgan fingerprint density at radius 3 is 2.53 bits per heavy atom. The minimum atomic E-state index is -0.731. The molecule has 0 aliphatic rings. The van der Waals surface area contributed by atoms with Gasteiger partial charge in [0.15, 0.2) is 0 Å². The summed E-state index contributed by atoms with van der Waals surface area (Å²) in [5.41, 5.74) is 5.54. The van der Waals surface area contributed by atoms with Crippen LogP contribution in [0, 0.1) is 0 Å². The zero-order valence-electron chi connectivity index (χ0n) is 10.7. The van der Waals surface area contributed by atoms with E-state index in [1.807, 2.05) is 7.05 Å². The summed E-state index contributed by atoms with van der Waals surface area (Å²) in [5, 5.41) is 14.8. The quantitative estimate of drug-likeness (QED) is 0.328. The summed E-state index contributed by atoms with van der Waals surface area (Å²) in [6, 6.07) is 0. The molecule has 0 aromatic carbocycles. The van der Waals surface area contributed by atoms with Crippen molar-refractivity contribution in [3.8, 4) is 0 Å². The molecule has 0 saturated carbocycles. The smallest absolute Gasteiger partial charge is 0.303 e. The first kappa shape index (κ1) is 16.3. The molecule has 0 aliphatic heterocycles. The zero-order chi connectivity index (χ0) is 12.9. The number of aliphatic carboxylic acids is 1. The highest BCUT2D eigenvalue weighted by molar-refractivity contribution is 5.66. The third kappa shape index (κ3) is 11.6. The lowest BCUT2D eigenvalue weighted by Crippen LogP contribution is -2.39. The van der Waals surface area contributed by atoms with E-state index < -0.39 is 5.97 Å². The molecular weight excluding hydrogens is 220 g/mol. The number of hydrogen-bond acceptors (Lipinski definition) is 5. The van der Waals surface area contributed by atoms with Crippen LogP contribution in [0.5, 0.6) is 0 Å². The summed E-state index contributed by atoms with van der Waals surface area (Å²) in [6.45, 7) is 6.11. The number of carbonyl (C=O) groups is 1. The molecule has 0 aromatic rings. The van der Waals surface area contributed by atoms with E-state index in [0.29, 0.717) is 13.0 Å². The van der Waals surface area contributed by atoms with Crippen molar-refractivity contribution in [1.29, 1.82) is 0 Å². The van der Waals surface area contributed by atoms with Crippen LogP contribution in [0.1, 0.15) is 12.8 Å². The fourth-order valence-corrected chi connectivity index (χ4v) is 1.51. The summed E-state index contributed by atoms with van der Waals surface area (Å²) in [5.74, 6) is -0.731. The van der Waals surface area contributed by atoms with Gasteiger partial charge in [0.25, 0.3) is 0 Å². The van der Waals surface area contributed by atoms with Gasteiger partial charge in [0.2, 0.25) is 0 Å². The van der Waals surface area contributed by atoms with Crippen LogP contribution in [-0.4, -0.2) is 68.8 Å². The molecule has 6 heteroatoms. The van der Waals surface area contributed by atoms with E-state index in [1.54, 1.807) is 0 Å². The lowest BCUT2D eigenvalue weighted by Gasteiger charge is -2.21. The predicted octanol–water partition coefficient (Wildman–Crippen LogP) is -1.08. The van der Waals surface area contributed by atoms with Crippen LogP contribution >= 0.6 is 0 Å². The lowest BCUT2D eigenvalue weighted by atomic mass is 10.3. The van der Waals surface area contributed by atoms with Crippen LogP contribution < -0.4 is 16.4 Å². The Morgan fingerprint density at radius 1 is 1.24 bits per heavy atom. The average molecular weight is 246 g/mol. The van der Waals surface area contributed by atoms with Crippen LogP contribution in [0.4, 0.5) is 0 Å². The number of nitrogens with two attached hydrogens (primary N) is 1. The Labute approximate surface area is 104 Å². The van der Waals surface area contributed by atoms with Crippen molar-refractivity contribution < 1.29 is 9.90 Å². The van der Waals surface area contributed by atoms with Crippen molar-refractivity contribution in [3.63, 3.8) is 0 Å². The summed E-state index contributed by atoms with van der Waals surface area (Å²) in [4.78, 5) is 12.6. The summed E-state index contributed by atoms with van der Waals surface area (Å²) in [6.07, 6.45) is 0.919. The average Bonchev–Trinajstić information content (AvgIpc) is 2.29. The fourth-order valence-electron chi connectivity index (χ4n) is 1.51. The van der Waals surface area contributed by atoms with Crippen LogP contribution in [0.2, 0.25) is 0 Å². The van der Waals surface area contributed by atoms with Gasteiger partial charge in [-0.1, -0.05) is 0 Å². The molecule has 0 aromatic heterocycles. The Hall–Kier alpha value is -0.690. The Kier molecular flexibility index (Phi) is 11.3. The monoisotopic (exact) mass is 246 g/mol. The second-order valence-corrected chi connectivity index (χ2v) is 3.98. The molecule has 0 amide bonds. The van der Waals surface area contributed by atoms with Gasteiger partial charge in [-0.25, -0.2) is 0 Å². The summed E-state index contributed by atoms with van der Waals surface area (Å²) >= 11 is 0. The molecule has 17 heavy (non-hydrogen) atoms. The first-order chi connectivity index (χ1) is 8.20. The minimum Gasteiger partial charge on any atom is -0.481 e. The first-order valence-corrected chi connectivity index (χ1v) is 6.20. The number of rotatable bonds is 12. The van der Waals surface area contributed by atoms with Crippen molar-refractivity contribution >= 4 is 5.97 Å². The topological polar surface area (TPSA) is 90.6 Å². The number of carboxylic acid groups (broad SMARTS) is 1. The van der Waals surface area contributed by atoms with Gasteiger partial charge in [-0.15, -0.1) is 0 Å². The number of likely N-dealkylation sites (N-methyl/N-ethyl adjacent to an activating group) is 1. The molecular formula is C11H26N4O2. The SMILES string of the molecule is CNCCN(CCN)CCNCCCC(=O)O. The van der Waals surface area contributed by atoms with Gasteiger partial charge in [-0.2, -0.15) is 0 Å². The second kappa shape index (κ2) is 11.8. The third-order valence-electron chi connectivity index (χ3n) is 2.47. The van der Waals surface area contributed by atoms with Gasteiger partial charge in [0.1, 0.15) is 0 Å². The zero-order valence-corrected chi connectivity index (χ0v) is 10.7. The molecule has 5 N–H and O–H groups in total. The van der Waals surface area contributed by atoms with Gasteiger partial charge < -0.3 is 21.5 Å². The number of nitrogens with zero attached hydrogens (tertiary/aromatic N) is 1. The predicted molar refractivity (Wildman–Crippen MR) is 69.2 cm³/mol. The van der Waals surface area contributed by atoms with Crippen molar-refractivity contribution in [3.05, 3.63) is 0 Å². The Bertz CT molecular complexity index is 190. The molecule has 0 bridgehead atoms. The van der Waals surface area contributed by atoms with Gasteiger partial charge in [0, 0.05) is 45.7 Å². The molecule has 0 unspecified atom stereocenters. The lowest BCUT2D eigenvalue weighted by molar-refractivity contribution is -0.137. The van der Waals surface area contributed by atoms with Crippen molar-refractivity contribution in [2.45, 2.75) is 12.8 Å². The third-order valence-corrected chi connectivity index (χ3v) is 2.47. The molecule has 0 atom stereocenters. The van der Waals surface area contributed by atoms with Crippen LogP contribution in [0.15, 0.2) is 0 Å². The molecule has 0 rings (SSSR count). The highest BCUT2D eigenvalue weighted by Gasteiger charge is 2.02. The standard InChI is InChI=1S/C11H26N4O2/c1-13-6-9-15(8-4-12)10-7-14-5-2-3-11(16)17/h13-14H,2-10,12H2,1H3,(H,16,17). The van der Waals surface area contributed by atoms with E-state index in [9.17, 15) is 4.79 Å². The normalized spacial score (nSPS) is 11.0. The molecule has 0 saturated heterocycles. The van der Waals surface area contributed by atoms with Crippen LogP contribution in [0.25, 0.3) is 0 Å². The highest BCUT2D eigenvalue weighted by atomic mass is 16.4. The molecule has 6 nitrogen and oxygen atoms in total. The van der Waals surface area contributed by atoms with E-state index in [2.05, 4.69) is 15.5 Å².